The minimum atomic E-state index is -0.263. The number of benzene rings is 2. The number of rotatable bonds is 4. The molecule has 0 amide bonds. The first-order chi connectivity index (χ1) is 9.63. The lowest BCUT2D eigenvalue weighted by Crippen LogP contribution is -2.16. The van der Waals surface area contributed by atoms with Crippen molar-refractivity contribution in [2.24, 2.45) is 0 Å². The second-order valence-corrected chi connectivity index (χ2v) is 5.92. The van der Waals surface area contributed by atoms with Crippen LogP contribution in [0.4, 0.5) is 4.39 Å². The molecule has 0 heterocycles. The van der Waals surface area contributed by atoms with Crippen LogP contribution in [0.3, 0.4) is 0 Å². The molecule has 0 aliphatic heterocycles. The van der Waals surface area contributed by atoms with Gasteiger partial charge in [0.05, 0.1) is 0 Å². The molecule has 4 heteroatoms. The van der Waals surface area contributed by atoms with Crippen molar-refractivity contribution in [2.45, 2.75) is 25.4 Å². The van der Waals surface area contributed by atoms with Gasteiger partial charge in [-0.25, -0.2) is 4.39 Å². The Hall–Kier alpha value is -1.09. The van der Waals surface area contributed by atoms with E-state index in [-0.39, 0.29) is 5.82 Å². The van der Waals surface area contributed by atoms with Crippen molar-refractivity contribution in [1.29, 1.82) is 0 Å². The van der Waals surface area contributed by atoms with E-state index in [1.54, 1.807) is 12.1 Å². The average molecular weight is 310 g/mol. The van der Waals surface area contributed by atoms with E-state index < -0.39 is 0 Å². The third-order valence-electron chi connectivity index (χ3n) is 3.45. The zero-order chi connectivity index (χ0) is 14.1. The van der Waals surface area contributed by atoms with Crippen molar-refractivity contribution in [3.63, 3.8) is 0 Å². The molecule has 2 aromatic carbocycles. The van der Waals surface area contributed by atoms with Crippen molar-refractivity contribution in [2.75, 3.05) is 0 Å². The van der Waals surface area contributed by atoms with E-state index in [9.17, 15) is 4.39 Å². The summed E-state index contributed by atoms with van der Waals surface area (Å²) in [6.07, 6.45) is 2.44. The summed E-state index contributed by atoms with van der Waals surface area (Å²) in [6.45, 7) is 0.721. The molecule has 0 aromatic heterocycles. The highest BCUT2D eigenvalue weighted by Crippen LogP contribution is 2.33. The lowest BCUT2D eigenvalue weighted by molar-refractivity contribution is 0.625. The monoisotopic (exact) mass is 309 g/mol. The van der Waals surface area contributed by atoms with Crippen molar-refractivity contribution < 1.29 is 4.39 Å². The molecule has 0 spiro atoms. The van der Waals surface area contributed by atoms with E-state index in [2.05, 4.69) is 5.32 Å². The second-order valence-electron chi connectivity index (χ2n) is 5.08. The molecule has 0 atom stereocenters. The largest absolute Gasteiger partial charge is 0.310 e. The van der Waals surface area contributed by atoms with Crippen LogP contribution in [-0.2, 0) is 6.54 Å². The van der Waals surface area contributed by atoms with Gasteiger partial charge in [0.25, 0.3) is 0 Å². The Morgan fingerprint density at radius 1 is 1.05 bits per heavy atom. The molecule has 1 aliphatic rings. The summed E-state index contributed by atoms with van der Waals surface area (Å²) >= 11 is 12.2. The number of halogens is 3. The van der Waals surface area contributed by atoms with Gasteiger partial charge >= 0.3 is 0 Å². The number of hydrogen-bond donors (Lipinski definition) is 1. The van der Waals surface area contributed by atoms with Crippen LogP contribution < -0.4 is 5.32 Å². The molecular formula is C16H14Cl2FN. The normalized spacial score (nSPS) is 14.6. The molecule has 0 saturated heterocycles. The topological polar surface area (TPSA) is 12.0 Å². The van der Waals surface area contributed by atoms with E-state index in [4.69, 9.17) is 23.2 Å². The van der Waals surface area contributed by atoms with Gasteiger partial charge in [-0.05, 0) is 48.2 Å². The van der Waals surface area contributed by atoms with Gasteiger partial charge in [-0.2, -0.15) is 0 Å². The van der Waals surface area contributed by atoms with Crippen molar-refractivity contribution >= 4 is 23.2 Å². The van der Waals surface area contributed by atoms with Crippen LogP contribution >= 0.6 is 23.2 Å². The number of hydrogen-bond acceptors (Lipinski definition) is 1. The van der Waals surface area contributed by atoms with Gasteiger partial charge < -0.3 is 5.32 Å². The summed E-state index contributed by atoms with van der Waals surface area (Å²) in [7, 11) is 0. The summed E-state index contributed by atoms with van der Waals surface area (Å²) in [5.74, 6) is -0.263. The predicted molar refractivity (Wildman–Crippen MR) is 81.7 cm³/mol. The quantitative estimate of drug-likeness (QED) is 0.833. The van der Waals surface area contributed by atoms with Crippen molar-refractivity contribution in [1.82, 2.24) is 5.32 Å². The van der Waals surface area contributed by atoms with Gasteiger partial charge in [0, 0.05) is 28.2 Å². The Kier molecular flexibility index (Phi) is 3.97. The van der Waals surface area contributed by atoms with Crippen molar-refractivity contribution in [3.8, 4) is 11.1 Å². The lowest BCUT2D eigenvalue weighted by Gasteiger charge is -2.12. The van der Waals surface area contributed by atoms with Crippen LogP contribution in [-0.4, -0.2) is 6.04 Å². The van der Waals surface area contributed by atoms with Gasteiger partial charge in [0.15, 0.2) is 0 Å². The molecule has 1 saturated carbocycles. The van der Waals surface area contributed by atoms with Gasteiger partial charge in [0.1, 0.15) is 5.82 Å². The van der Waals surface area contributed by atoms with Crippen LogP contribution in [0.15, 0.2) is 36.4 Å². The zero-order valence-corrected chi connectivity index (χ0v) is 12.3. The highest BCUT2D eigenvalue weighted by atomic mass is 35.5. The maximum Gasteiger partial charge on any atom is 0.123 e. The molecule has 0 unspecified atom stereocenters. The van der Waals surface area contributed by atoms with Gasteiger partial charge in [0.2, 0.25) is 0 Å². The average Bonchev–Trinajstić information content (AvgIpc) is 3.21. The van der Waals surface area contributed by atoms with Crippen molar-refractivity contribution in [3.05, 3.63) is 57.8 Å². The first-order valence-corrected chi connectivity index (χ1v) is 7.36. The fourth-order valence-electron chi connectivity index (χ4n) is 2.20. The van der Waals surface area contributed by atoms with Crippen LogP contribution in [0.25, 0.3) is 11.1 Å². The maximum atomic E-state index is 13.6. The van der Waals surface area contributed by atoms with Gasteiger partial charge in [-0.15, -0.1) is 0 Å². The SMILES string of the molecule is Fc1ccc(CNC2CC2)c(-c2ccc(Cl)cc2Cl)c1. The van der Waals surface area contributed by atoms with Crippen LogP contribution in [0.2, 0.25) is 10.0 Å². The Bertz CT molecular complexity index is 638. The van der Waals surface area contributed by atoms with E-state index in [0.717, 1.165) is 23.2 Å². The summed E-state index contributed by atoms with van der Waals surface area (Å²) in [6, 6.07) is 10.7. The van der Waals surface area contributed by atoms with Crippen LogP contribution in [0.1, 0.15) is 18.4 Å². The molecule has 0 bridgehead atoms. The van der Waals surface area contributed by atoms with Crippen LogP contribution in [0.5, 0.6) is 0 Å². The minimum Gasteiger partial charge on any atom is -0.310 e. The van der Waals surface area contributed by atoms with E-state index in [1.165, 1.54) is 25.0 Å². The first kappa shape index (κ1) is 13.9. The third-order valence-corrected chi connectivity index (χ3v) is 4.00. The summed E-state index contributed by atoms with van der Waals surface area (Å²) < 4.78 is 13.6. The Morgan fingerprint density at radius 3 is 2.55 bits per heavy atom. The molecule has 1 N–H and O–H groups in total. The molecule has 3 rings (SSSR count). The van der Waals surface area contributed by atoms with E-state index >= 15 is 0 Å². The third kappa shape index (κ3) is 3.14. The van der Waals surface area contributed by atoms with E-state index in [0.29, 0.717) is 16.1 Å². The van der Waals surface area contributed by atoms with Gasteiger partial charge in [-0.1, -0.05) is 35.3 Å². The predicted octanol–water partition coefficient (Wildman–Crippen LogP) is 5.05. The molecule has 20 heavy (non-hydrogen) atoms. The Morgan fingerprint density at radius 2 is 1.85 bits per heavy atom. The van der Waals surface area contributed by atoms with Crippen LogP contribution in [0, 0.1) is 5.82 Å². The summed E-state index contributed by atoms with van der Waals surface area (Å²) in [5, 5.41) is 4.56. The molecule has 2 aromatic rings. The molecule has 104 valence electrons. The zero-order valence-electron chi connectivity index (χ0n) is 10.8. The maximum absolute atomic E-state index is 13.6. The molecule has 1 aliphatic carbocycles. The smallest absolute Gasteiger partial charge is 0.123 e. The highest BCUT2D eigenvalue weighted by molar-refractivity contribution is 6.36. The number of nitrogens with one attached hydrogen (secondary N) is 1. The summed E-state index contributed by atoms with van der Waals surface area (Å²) in [5.41, 5.74) is 2.67. The molecule has 1 nitrogen and oxygen atoms in total. The summed E-state index contributed by atoms with van der Waals surface area (Å²) in [4.78, 5) is 0. The van der Waals surface area contributed by atoms with E-state index in [1.807, 2.05) is 12.1 Å². The standard InChI is InChI=1S/C16H14Cl2FN/c17-11-2-6-14(16(18)7-11)15-8-12(19)3-1-10(15)9-20-13-4-5-13/h1-3,6-8,13,20H,4-5,9H2. The Labute approximate surface area is 127 Å². The first-order valence-electron chi connectivity index (χ1n) is 6.61. The highest BCUT2D eigenvalue weighted by Gasteiger charge is 2.21. The molecule has 1 fully saturated rings. The Balaban J connectivity index is 1.98. The fraction of sp³-hybridized carbons (Fsp3) is 0.250. The minimum absolute atomic E-state index is 0.263. The molecule has 0 radical (unpaired) electrons. The van der Waals surface area contributed by atoms with Gasteiger partial charge in [-0.3, -0.25) is 0 Å². The second kappa shape index (κ2) is 5.72. The lowest BCUT2D eigenvalue weighted by atomic mass is 9.99. The fourth-order valence-corrected chi connectivity index (χ4v) is 2.71. The molecular weight excluding hydrogens is 296 g/mol.